The number of fused-ring (bicyclic) bond motifs is 1. The molecule has 1 aromatic heterocycles. The molecule has 6 rings (SSSR count). The minimum atomic E-state index is 0.129. The first kappa shape index (κ1) is 24.2. The first-order valence-corrected chi connectivity index (χ1v) is 14.0. The van der Waals surface area contributed by atoms with Gasteiger partial charge in [0.2, 0.25) is 5.91 Å². The normalized spacial score (nSPS) is 17.4. The molecule has 7 heteroatoms. The van der Waals surface area contributed by atoms with E-state index >= 15 is 0 Å². The van der Waals surface area contributed by atoms with Gasteiger partial charge in [0.25, 0.3) is 0 Å². The molecule has 0 unspecified atom stereocenters. The van der Waals surface area contributed by atoms with Crippen LogP contribution in [0.2, 0.25) is 0 Å². The van der Waals surface area contributed by atoms with Gasteiger partial charge in [-0.25, -0.2) is 4.98 Å². The van der Waals surface area contributed by atoms with E-state index in [0.717, 1.165) is 85.7 Å². The van der Waals surface area contributed by atoms with Crippen LogP contribution < -0.4 is 4.90 Å². The van der Waals surface area contributed by atoms with Gasteiger partial charge in [0.15, 0.2) is 0 Å². The number of piperazine rings is 1. The number of anilines is 1. The highest BCUT2D eigenvalue weighted by atomic mass is 79.9. The smallest absolute Gasteiger partial charge is 0.225 e. The highest BCUT2D eigenvalue weighted by Crippen LogP contribution is 2.27. The van der Waals surface area contributed by atoms with Gasteiger partial charge in [-0.05, 0) is 74.5 Å². The Morgan fingerprint density at radius 3 is 2.19 bits per heavy atom. The minimum absolute atomic E-state index is 0.129. The summed E-state index contributed by atoms with van der Waals surface area (Å²) in [5.74, 6) is 1.52. The lowest BCUT2D eigenvalue weighted by Gasteiger charge is -2.39. The van der Waals surface area contributed by atoms with Gasteiger partial charge in [0.05, 0.1) is 17.6 Å². The van der Waals surface area contributed by atoms with E-state index in [1.54, 1.807) is 0 Å². The molecule has 0 aliphatic carbocycles. The lowest BCUT2D eigenvalue weighted by molar-refractivity contribution is -0.137. The van der Waals surface area contributed by atoms with Gasteiger partial charge in [0, 0.05) is 47.9 Å². The molecule has 2 aliphatic rings. The molecule has 6 nitrogen and oxygen atoms in total. The minimum Gasteiger partial charge on any atom is -0.368 e. The second-order valence-electron chi connectivity index (χ2n) is 10.0. The maximum absolute atomic E-state index is 13.3. The quantitative estimate of drug-likeness (QED) is 0.332. The van der Waals surface area contributed by atoms with E-state index in [0.29, 0.717) is 5.91 Å². The van der Waals surface area contributed by atoms with Crippen molar-refractivity contribution in [2.45, 2.75) is 19.4 Å². The van der Waals surface area contributed by atoms with Crippen LogP contribution >= 0.6 is 15.9 Å². The topological polar surface area (TPSA) is 44.6 Å². The molecule has 37 heavy (non-hydrogen) atoms. The van der Waals surface area contributed by atoms with Crippen molar-refractivity contribution < 1.29 is 4.79 Å². The van der Waals surface area contributed by atoms with Crippen molar-refractivity contribution in [2.75, 3.05) is 44.2 Å². The summed E-state index contributed by atoms with van der Waals surface area (Å²) in [7, 11) is 0. The summed E-state index contributed by atoms with van der Waals surface area (Å²) in [5, 5.41) is 0. The summed E-state index contributed by atoms with van der Waals surface area (Å²) in [6.07, 6.45) is 1.83. The molecule has 0 spiro atoms. The van der Waals surface area contributed by atoms with E-state index in [9.17, 15) is 4.79 Å². The number of halogens is 1. The Bertz CT molecular complexity index is 1350. The third-order valence-corrected chi connectivity index (χ3v) is 8.26. The number of hydrogen-bond donors (Lipinski definition) is 0. The van der Waals surface area contributed by atoms with Crippen LogP contribution in [0.5, 0.6) is 0 Å². The fourth-order valence-electron chi connectivity index (χ4n) is 5.68. The molecule has 0 atom stereocenters. The fourth-order valence-corrected chi connectivity index (χ4v) is 5.94. The van der Waals surface area contributed by atoms with Crippen LogP contribution in [0, 0.1) is 5.92 Å². The molecule has 2 saturated heterocycles. The predicted molar refractivity (Wildman–Crippen MR) is 152 cm³/mol. The molecule has 0 radical (unpaired) electrons. The third kappa shape index (κ3) is 5.15. The molecule has 0 bridgehead atoms. The zero-order valence-corrected chi connectivity index (χ0v) is 22.6. The number of nitrogens with zero attached hydrogens (tertiary/aromatic N) is 5. The van der Waals surface area contributed by atoms with E-state index < -0.39 is 0 Å². The Hall–Kier alpha value is -3.16. The summed E-state index contributed by atoms with van der Waals surface area (Å²) in [4.78, 5) is 25.2. The van der Waals surface area contributed by atoms with Crippen molar-refractivity contribution in [3.8, 4) is 5.69 Å². The van der Waals surface area contributed by atoms with Crippen molar-refractivity contribution in [3.63, 3.8) is 0 Å². The van der Waals surface area contributed by atoms with Crippen molar-refractivity contribution in [3.05, 3.63) is 89.2 Å². The van der Waals surface area contributed by atoms with Crippen molar-refractivity contribution in [1.82, 2.24) is 19.4 Å². The van der Waals surface area contributed by atoms with Crippen molar-refractivity contribution in [2.24, 2.45) is 5.92 Å². The molecule has 3 heterocycles. The number of likely N-dealkylation sites (tertiary alicyclic amines) is 1. The summed E-state index contributed by atoms with van der Waals surface area (Å²) in [6.45, 7) is 6.05. The SMILES string of the molecule is O=C(C1CCN(Cc2nc3ccccc3n2-c2ccc(Br)cc2)CC1)N1CCN(c2ccccc2)CC1. The molecule has 4 aromatic rings. The molecule has 3 aromatic carbocycles. The Balaban J connectivity index is 1.09. The number of para-hydroxylation sites is 3. The maximum Gasteiger partial charge on any atom is 0.225 e. The van der Waals surface area contributed by atoms with Crippen LogP contribution in [0.25, 0.3) is 16.7 Å². The number of piperidine rings is 1. The molecular formula is C30H32BrN5O. The number of benzene rings is 3. The summed E-state index contributed by atoms with van der Waals surface area (Å²) >= 11 is 3.55. The Kier molecular flexibility index (Phi) is 6.98. The molecule has 1 amide bonds. The second kappa shape index (κ2) is 10.7. The number of hydrogen-bond acceptors (Lipinski definition) is 4. The monoisotopic (exact) mass is 557 g/mol. The van der Waals surface area contributed by atoms with Gasteiger partial charge < -0.3 is 9.80 Å². The fraction of sp³-hybridized carbons (Fsp3) is 0.333. The summed E-state index contributed by atoms with van der Waals surface area (Å²) in [6, 6.07) is 27.2. The number of amides is 1. The number of carbonyl (C=O) groups excluding carboxylic acids is 1. The second-order valence-corrected chi connectivity index (χ2v) is 10.9. The van der Waals surface area contributed by atoms with E-state index in [2.05, 4.69) is 102 Å². The van der Waals surface area contributed by atoms with Crippen molar-refractivity contribution in [1.29, 1.82) is 0 Å². The Morgan fingerprint density at radius 2 is 1.46 bits per heavy atom. The van der Waals surface area contributed by atoms with Crippen molar-refractivity contribution >= 4 is 38.6 Å². The largest absolute Gasteiger partial charge is 0.368 e. The van der Waals surface area contributed by atoms with Crippen LogP contribution in [-0.2, 0) is 11.3 Å². The van der Waals surface area contributed by atoms with Crippen LogP contribution in [0.1, 0.15) is 18.7 Å². The van der Waals surface area contributed by atoms with Gasteiger partial charge in [-0.2, -0.15) is 0 Å². The van der Waals surface area contributed by atoms with Gasteiger partial charge in [-0.3, -0.25) is 14.3 Å². The molecule has 0 N–H and O–H groups in total. The van der Waals surface area contributed by atoms with Gasteiger partial charge >= 0.3 is 0 Å². The summed E-state index contributed by atoms with van der Waals surface area (Å²) < 4.78 is 3.33. The molecule has 2 aliphatic heterocycles. The molecule has 190 valence electrons. The van der Waals surface area contributed by atoms with Crippen LogP contribution in [0.4, 0.5) is 5.69 Å². The van der Waals surface area contributed by atoms with Crippen LogP contribution in [-0.4, -0.2) is 64.5 Å². The van der Waals surface area contributed by atoms with Gasteiger partial charge in [-0.15, -0.1) is 0 Å². The van der Waals surface area contributed by atoms with Crippen LogP contribution in [0.15, 0.2) is 83.3 Å². The number of rotatable bonds is 5. The molecular weight excluding hydrogens is 526 g/mol. The Labute approximate surface area is 226 Å². The standard InChI is InChI=1S/C30H32BrN5O/c31-24-10-12-26(13-11-24)36-28-9-5-4-8-27(28)32-29(36)22-33-16-14-23(15-17-33)30(37)35-20-18-34(19-21-35)25-6-2-1-3-7-25/h1-13,23H,14-22H2. The molecule has 0 saturated carbocycles. The van der Waals surface area contributed by atoms with Gasteiger partial charge in [0.1, 0.15) is 5.82 Å². The lowest BCUT2D eigenvalue weighted by Crippen LogP contribution is -2.51. The third-order valence-electron chi connectivity index (χ3n) is 7.73. The van der Waals surface area contributed by atoms with E-state index in [1.165, 1.54) is 5.69 Å². The average Bonchev–Trinajstić information content (AvgIpc) is 3.32. The van der Waals surface area contributed by atoms with E-state index in [1.807, 2.05) is 12.1 Å². The first-order chi connectivity index (χ1) is 18.2. The zero-order valence-electron chi connectivity index (χ0n) is 21.0. The first-order valence-electron chi connectivity index (χ1n) is 13.2. The van der Waals surface area contributed by atoms with Gasteiger partial charge in [-0.1, -0.05) is 46.3 Å². The number of imidazole rings is 1. The van der Waals surface area contributed by atoms with E-state index in [4.69, 9.17) is 4.98 Å². The predicted octanol–water partition coefficient (Wildman–Crippen LogP) is 5.35. The van der Waals surface area contributed by atoms with Crippen LogP contribution in [0.3, 0.4) is 0 Å². The van der Waals surface area contributed by atoms with E-state index in [-0.39, 0.29) is 5.92 Å². The summed E-state index contributed by atoms with van der Waals surface area (Å²) in [5.41, 5.74) is 4.50. The number of aromatic nitrogens is 2. The number of carbonyl (C=O) groups is 1. The zero-order chi connectivity index (χ0) is 25.2. The molecule has 2 fully saturated rings. The lowest BCUT2D eigenvalue weighted by atomic mass is 9.95. The average molecular weight is 559 g/mol. The highest BCUT2D eigenvalue weighted by molar-refractivity contribution is 9.10. The highest BCUT2D eigenvalue weighted by Gasteiger charge is 2.31. The maximum atomic E-state index is 13.3. The Morgan fingerprint density at radius 1 is 0.784 bits per heavy atom.